The Kier molecular flexibility index (Phi) is 3.32. The first-order valence-corrected chi connectivity index (χ1v) is 7.66. The summed E-state index contributed by atoms with van der Waals surface area (Å²) in [6, 6.07) is 3.77. The Morgan fingerprint density at radius 3 is 2.70 bits per heavy atom. The van der Waals surface area contributed by atoms with E-state index in [9.17, 15) is 9.59 Å². The number of hydrogen-bond acceptors (Lipinski definition) is 2. The first-order valence-electron chi connectivity index (χ1n) is 6.86. The van der Waals surface area contributed by atoms with Gasteiger partial charge >= 0.3 is 0 Å². The first-order chi connectivity index (χ1) is 9.49. The molecule has 106 valence electrons. The largest absolute Gasteiger partial charge is 0.329 e. The average molecular weight is 337 g/mol. The lowest BCUT2D eigenvalue weighted by Crippen LogP contribution is -2.57. The minimum absolute atomic E-state index is 0.0507. The molecule has 1 atom stereocenters. The van der Waals surface area contributed by atoms with Crippen LogP contribution in [-0.2, 0) is 9.59 Å². The number of hydrogen-bond donors (Lipinski definition) is 0. The number of benzene rings is 1. The molecule has 1 unspecified atom stereocenters. The number of fused-ring (bicyclic) bond motifs is 1. The molecule has 2 aliphatic rings. The summed E-state index contributed by atoms with van der Waals surface area (Å²) in [6.45, 7) is 4.87. The Morgan fingerprint density at radius 1 is 1.25 bits per heavy atom. The normalized spacial score (nSPS) is 22.4. The summed E-state index contributed by atoms with van der Waals surface area (Å²) in [7, 11) is 0. The summed E-state index contributed by atoms with van der Waals surface area (Å²) in [5, 5.41) is 0. The molecule has 1 aromatic carbocycles. The third-order valence-corrected chi connectivity index (χ3v) is 4.69. The van der Waals surface area contributed by atoms with Crippen molar-refractivity contribution in [3.63, 3.8) is 0 Å². The number of nitrogens with zero attached hydrogens (tertiary/aromatic N) is 2. The van der Waals surface area contributed by atoms with Crippen molar-refractivity contribution in [1.82, 2.24) is 4.90 Å². The number of anilines is 1. The molecule has 0 aromatic heterocycles. The van der Waals surface area contributed by atoms with Crippen LogP contribution in [0.5, 0.6) is 0 Å². The third kappa shape index (κ3) is 2.04. The average Bonchev–Trinajstić information content (AvgIpc) is 2.83. The van der Waals surface area contributed by atoms with E-state index in [4.69, 9.17) is 0 Å². The predicted molar refractivity (Wildman–Crippen MR) is 80.7 cm³/mol. The van der Waals surface area contributed by atoms with Crippen molar-refractivity contribution in [2.24, 2.45) is 0 Å². The van der Waals surface area contributed by atoms with E-state index in [-0.39, 0.29) is 24.4 Å². The zero-order chi connectivity index (χ0) is 14.4. The van der Waals surface area contributed by atoms with Gasteiger partial charge in [-0.3, -0.25) is 14.5 Å². The molecular weight excluding hydrogens is 320 g/mol. The van der Waals surface area contributed by atoms with Crippen LogP contribution in [0.4, 0.5) is 5.69 Å². The molecule has 5 heteroatoms. The Hall–Kier alpha value is -1.36. The molecule has 0 aliphatic carbocycles. The molecule has 2 saturated heterocycles. The second-order valence-corrected chi connectivity index (χ2v) is 6.44. The summed E-state index contributed by atoms with van der Waals surface area (Å²) in [5.41, 5.74) is 2.99. The Balaban J connectivity index is 2.02. The first kappa shape index (κ1) is 13.6. The van der Waals surface area contributed by atoms with E-state index in [1.54, 1.807) is 9.80 Å². The van der Waals surface area contributed by atoms with Crippen LogP contribution in [0, 0.1) is 13.8 Å². The fourth-order valence-electron chi connectivity index (χ4n) is 3.25. The van der Waals surface area contributed by atoms with Crippen molar-refractivity contribution in [3.8, 4) is 0 Å². The highest BCUT2D eigenvalue weighted by Gasteiger charge is 2.43. The second-order valence-electron chi connectivity index (χ2n) is 5.58. The van der Waals surface area contributed by atoms with Gasteiger partial charge in [-0.05, 0) is 59.8 Å². The molecule has 0 radical (unpaired) electrons. The van der Waals surface area contributed by atoms with Crippen molar-refractivity contribution in [3.05, 3.63) is 27.7 Å². The molecule has 0 spiro atoms. The van der Waals surface area contributed by atoms with Gasteiger partial charge < -0.3 is 4.90 Å². The topological polar surface area (TPSA) is 40.6 Å². The van der Waals surface area contributed by atoms with Gasteiger partial charge in [0.05, 0.1) is 5.69 Å². The second kappa shape index (κ2) is 4.88. The highest BCUT2D eigenvalue weighted by atomic mass is 79.9. The standard InChI is InChI=1S/C15H17BrN2O2/c1-9-6-10(2)14(11(16)7-9)18-8-13(19)17-5-3-4-12(17)15(18)20/h6-7,12H,3-5,8H2,1-2H3. The molecule has 2 aliphatic heterocycles. The SMILES string of the molecule is Cc1cc(C)c(N2CC(=O)N3CCCC3C2=O)c(Br)c1. The highest BCUT2D eigenvalue weighted by Crippen LogP contribution is 2.35. The molecule has 2 heterocycles. The van der Waals surface area contributed by atoms with Crippen LogP contribution >= 0.6 is 15.9 Å². The van der Waals surface area contributed by atoms with Crippen molar-refractivity contribution >= 4 is 33.4 Å². The number of carbonyl (C=O) groups excluding carboxylic acids is 2. The van der Waals surface area contributed by atoms with Gasteiger partial charge in [-0.15, -0.1) is 0 Å². The quantitative estimate of drug-likeness (QED) is 0.790. The van der Waals surface area contributed by atoms with Crippen LogP contribution in [0.15, 0.2) is 16.6 Å². The molecule has 0 saturated carbocycles. The van der Waals surface area contributed by atoms with Crippen LogP contribution in [0.1, 0.15) is 24.0 Å². The number of aryl methyl sites for hydroxylation is 2. The molecular formula is C15H17BrN2O2. The Bertz CT molecular complexity index is 577. The molecule has 3 rings (SSSR count). The number of piperazine rings is 1. The molecule has 20 heavy (non-hydrogen) atoms. The summed E-state index contributed by atoms with van der Waals surface area (Å²) < 4.78 is 0.877. The van der Waals surface area contributed by atoms with Crippen LogP contribution < -0.4 is 4.90 Å². The third-order valence-electron chi connectivity index (χ3n) is 4.09. The van der Waals surface area contributed by atoms with Crippen molar-refractivity contribution < 1.29 is 9.59 Å². The van der Waals surface area contributed by atoms with Crippen LogP contribution in [0.2, 0.25) is 0 Å². The van der Waals surface area contributed by atoms with E-state index in [0.717, 1.165) is 40.7 Å². The lowest BCUT2D eigenvalue weighted by molar-refractivity contribution is -0.140. The molecule has 0 bridgehead atoms. The van der Waals surface area contributed by atoms with Crippen LogP contribution in [0.3, 0.4) is 0 Å². The number of carbonyl (C=O) groups is 2. The van der Waals surface area contributed by atoms with E-state index in [1.165, 1.54) is 0 Å². The van der Waals surface area contributed by atoms with Crippen molar-refractivity contribution in [2.45, 2.75) is 32.7 Å². The lowest BCUT2D eigenvalue weighted by Gasteiger charge is -2.37. The van der Waals surface area contributed by atoms with Gasteiger partial charge in [0, 0.05) is 11.0 Å². The van der Waals surface area contributed by atoms with Gasteiger partial charge in [0.1, 0.15) is 12.6 Å². The number of rotatable bonds is 1. The smallest absolute Gasteiger partial charge is 0.250 e. The monoisotopic (exact) mass is 336 g/mol. The van der Waals surface area contributed by atoms with E-state index >= 15 is 0 Å². The maximum absolute atomic E-state index is 12.7. The molecule has 0 N–H and O–H groups in total. The van der Waals surface area contributed by atoms with Gasteiger partial charge in [0.15, 0.2) is 0 Å². The van der Waals surface area contributed by atoms with Crippen molar-refractivity contribution in [2.75, 3.05) is 18.0 Å². The zero-order valence-corrected chi connectivity index (χ0v) is 13.2. The Morgan fingerprint density at radius 2 is 2.00 bits per heavy atom. The molecule has 2 fully saturated rings. The molecule has 2 amide bonds. The summed E-state index contributed by atoms with van der Waals surface area (Å²) in [5.74, 6) is 0.105. The number of halogens is 1. The van der Waals surface area contributed by atoms with Gasteiger partial charge in [0.2, 0.25) is 11.8 Å². The maximum Gasteiger partial charge on any atom is 0.250 e. The summed E-state index contributed by atoms with van der Waals surface area (Å²) >= 11 is 3.53. The zero-order valence-electron chi connectivity index (χ0n) is 11.6. The fraction of sp³-hybridized carbons (Fsp3) is 0.467. The van der Waals surface area contributed by atoms with Gasteiger partial charge in [-0.25, -0.2) is 0 Å². The van der Waals surface area contributed by atoms with Gasteiger partial charge in [0.25, 0.3) is 0 Å². The highest BCUT2D eigenvalue weighted by molar-refractivity contribution is 9.10. The molecule has 4 nitrogen and oxygen atoms in total. The van der Waals surface area contributed by atoms with Crippen LogP contribution in [0.25, 0.3) is 0 Å². The van der Waals surface area contributed by atoms with Crippen LogP contribution in [-0.4, -0.2) is 35.8 Å². The van der Waals surface area contributed by atoms with Gasteiger partial charge in [-0.2, -0.15) is 0 Å². The number of amides is 2. The molecule has 1 aromatic rings. The summed E-state index contributed by atoms with van der Waals surface area (Å²) in [6.07, 6.45) is 1.70. The van der Waals surface area contributed by atoms with E-state index in [1.807, 2.05) is 26.0 Å². The lowest BCUT2D eigenvalue weighted by atomic mass is 10.1. The Labute approximate surface area is 126 Å². The van der Waals surface area contributed by atoms with E-state index in [2.05, 4.69) is 15.9 Å². The van der Waals surface area contributed by atoms with Gasteiger partial charge in [-0.1, -0.05) is 6.07 Å². The van der Waals surface area contributed by atoms with E-state index in [0.29, 0.717) is 0 Å². The van der Waals surface area contributed by atoms with Crippen molar-refractivity contribution in [1.29, 1.82) is 0 Å². The van der Waals surface area contributed by atoms with E-state index < -0.39 is 0 Å². The minimum Gasteiger partial charge on any atom is -0.329 e. The maximum atomic E-state index is 12.7. The predicted octanol–water partition coefficient (Wildman–Crippen LogP) is 2.40. The fourth-order valence-corrected chi connectivity index (χ4v) is 4.13. The summed E-state index contributed by atoms with van der Waals surface area (Å²) in [4.78, 5) is 28.2. The minimum atomic E-state index is -0.260.